The summed E-state index contributed by atoms with van der Waals surface area (Å²) in [4.78, 5) is 28.7. The van der Waals surface area contributed by atoms with Crippen LogP contribution in [-0.4, -0.2) is 20.5 Å². The predicted octanol–water partition coefficient (Wildman–Crippen LogP) is 2.29. The van der Waals surface area contributed by atoms with Crippen LogP contribution in [0.5, 0.6) is 0 Å². The van der Waals surface area contributed by atoms with E-state index in [-0.39, 0.29) is 11.1 Å². The van der Waals surface area contributed by atoms with E-state index in [0.29, 0.717) is 38.7 Å². The van der Waals surface area contributed by atoms with E-state index in [4.69, 9.17) is 5.11 Å². The van der Waals surface area contributed by atoms with E-state index < -0.39 is 5.97 Å². The Hall–Kier alpha value is -4.18. The van der Waals surface area contributed by atoms with Crippen molar-refractivity contribution >= 4 is 34.5 Å². The fraction of sp³-hybridized carbons (Fsp3) is 0.0476. The van der Waals surface area contributed by atoms with Gasteiger partial charge in [0.2, 0.25) is 0 Å². The standard InChI is InChI=1S/C21H14N4O3/c1-12-15(10-22)19-24-17-7-2-3-8-18(17)25(19)20(26)16(12)11-23-14-6-4-5-13(9-14)21(27)28/h2-9,11,23H,1H3,(H,27,28). The maximum atomic E-state index is 13.1. The third kappa shape index (κ3) is 2.64. The highest BCUT2D eigenvalue weighted by molar-refractivity contribution is 5.89. The van der Waals surface area contributed by atoms with Crippen LogP contribution in [0.1, 0.15) is 21.5 Å². The second kappa shape index (κ2) is 6.52. The summed E-state index contributed by atoms with van der Waals surface area (Å²) in [5.74, 6) is -1.04. The minimum atomic E-state index is -1.04. The molecule has 7 nitrogen and oxygen atoms in total. The molecule has 0 saturated heterocycles. The van der Waals surface area contributed by atoms with Gasteiger partial charge in [-0.1, -0.05) is 18.2 Å². The normalized spacial score (nSPS) is 11.6. The lowest BCUT2D eigenvalue weighted by Gasteiger charge is -2.05. The molecule has 28 heavy (non-hydrogen) atoms. The zero-order chi connectivity index (χ0) is 19.8. The summed E-state index contributed by atoms with van der Waals surface area (Å²) in [5, 5.41) is 22.0. The molecule has 0 aliphatic rings. The molecule has 0 aliphatic carbocycles. The van der Waals surface area contributed by atoms with Crippen molar-refractivity contribution in [3.63, 3.8) is 0 Å². The van der Waals surface area contributed by atoms with Gasteiger partial charge in [0.15, 0.2) is 5.65 Å². The number of fused-ring (bicyclic) bond motifs is 3. The quantitative estimate of drug-likeness (QED) is 0.573. The molecule has 0 saturated carbocycles. The number of nitriles is 1. The smallest absolute Gasteiger partial charge is 0.335 e. The number of para-hydroxylation sites is 2. The zero-order valence-electron chi connectivity index (χ0n) is 14.8. The molecule has 4 aromatic rings. The van der Waals surface area contributed by atoms with Crippen LogP contribution in [0.3, 0.4) is 0 Å². The molecule has 0 bridgehead atoms. The van der Waals surface area contributed by atoms with E-state index in [9.17, 15) is 14.9 Å². The van der Waals surface area contributed by atoms with Crippen molar-refractivity contribution in [3.8, 4) is 6.07 Å². The van der Waals surface area contributed by atoms with Crippen LogP contribution in [0.4, 0.5) is 5.69 Å². The number of imidazole rings is 1. The fourth-order valence-corrected chi connectivity index (χ4v) is 3.18. The maximum Gasteiger partial charge on any atom is 0.335 e. The number of aromatic nitrogens is 2. The Balaban J connectivity index is 1.97. The summed E-state index contributed by atoms with van der Waals surface area (Å²) in [7, 11) is 0. The number of nitrogens with one attached hydrogen (secondary N) is 1. The largest absolute Gasteiger partial charge is 0.478 e. The molecule has 2 N–H and O–H groups in total. The predicted molar refractivity (Wildman–Crippen MR) is 105 cm³/mol. The molecule has 0 radical (unpaired) electrons. The number of pyridine rings is 1. The van der Waals surface area contributed by atoms with E-state index >= 15 is 0 Å². The number of anilines is 1. The van der Waals surface area contributed by atoms with E-state index in [2.05, 4.69) is 16.4 Å². The highest BCUT2D eigenvalue weighted by atomic mass is 16.4. The minimum Gasteiger partial charge on any atom is -0.478 e. The van der Waals surface area contributed by atoms with E-state index in [1.807, 2.05) is 6.07 Å². The van der Waals surface area contributed by atoms with Gasteiger partial charge >= 0.3 is 5.97 Å². The van der Waals surface area contributed by atoms with Crippen LogP contribution in [0.25, 0.3) is 22.9 Å². The number of hydrogen-bond donors (Lipinski definition) is 2. The molecular formula is C21H14N4O3. The molecule has 136 valence electrons. The number of carboxylic acid groups (broad SMARTS) is 1. The number of hydrogen-bond acceptors (Lipinski definition) is 5. The Bertz CT molecular complexity index is 1410. The van der Waals surface area contributed by atoms with Crippen molar-refractivity contribution in [2.75, 3.05) is 5.32 Å². The van der Waals surface area contributed by atoms with Gasteiger partial charge in [0.1, 0.15) is 6.07 Å². The fourth-order valence-electron chi connectivity index (χ4n) is 3.18. The summed E-state index contributed by atoms with van der Waals surface area (Å²) >= 11 is 0. The number of benzene rings is 2. The Morgan fingerprint density at radius 3 is 2.79 bits per heavy atom. The Morgan fingerprint density at radius 1 is 1.25 bits per heavy atom. The van der Waals surface area contributed by atoms with Crippen molar-refractivity contribution < 1.29 is 9.90 Å². The Morgan fingerprint density at radius 2 is 2.04 bits per heavy atom. The molecule has 0 fully saturated rings. The number of rotatable bonds is 3. The lowest BCUT2D eigenvalue weighted by atomic mass is 10.1. The van der Waals surface area contributed by atoms with Gasteiger partial charge in [0.25, 0.3) is 5.56 Å². The van der Waals surface area contributed by atoms with E-state index in [0.717, 1.165) is 0 Å². The molecule has 0 atom stereocenters. The van der Waals surface area contributed by atoms with Crippen molar-refractivity contribution in [3.05, 3.63) is 80.8 Å². The van der Waals surface area contributed by atoms with Gasteiger partial charge in [-0.15, -0.1) is 0 Å². The Kier molecular flexibility index (Phi) is 4.02. The van der Waals surface area contributed by atoms with Crippen molar-refractivity contribution in [2.24, 2.45) is 0 Å². The lowest BCUT2D eigenvalue weighted by molar-refractivity contribution is 0.0697. The van der Waals surface area contributed by atoms with Crippen LogP contribution in [0.2, 0.25) is 0 Å². The van der Waals surface area contributed by atoms with Gasteiger partial charge in [0.05, 0.1) is 27.4 Å². The van der Waals surface area contributed by atoms with Gasteiger partial charge in [-0.2, -0.15) is 5.26 Å². The number of nitrogens with zero attached hydrogens (tertiary/aromatic N) is 3. The van der Waals surface area contributed by atoms with E-state index in [1.165, 1.54) is 22.7 Å². The van der Waals surface area contributed by atoms with Crippen molar-refractivity contribution in [2.45, 2.75) is 6.92 Å². The van der Waals surface area contributed by atoms with Crippen molar-refractivity contribution in [1.82, 2.24) is 9.38 Å². The average molecular weight is 370 g/mol. The topological polar surface area (TPSA) is 107 Å². The van der Waals surface area contributed by atoms with Crippen LogP contribution in [-0.2, 0) is 0 Å². The first-order chi connectivity index (χ1) is 13.5. The molecule has 2 aromatic carbocycles. The summed E-state index contributed by atoms with van der Waals surface area (Å²) < 4.78 is 1.43. The molecule has 0 spiro atoms. The molecule has 4 rings (SSSR count). The lowest BCUT2D eigenvalue weighted by Crippen LogP contribution is -2.34. The highest BCUT2D eigenvalue weighted by Crippen LogP contribution is 2.17. The molecule has 2 heterocycles. The monoisotopic (exact) mass is 370 g/mol. The highest BCUT2D eigenvalue weighted by Gasteiger charge is 2.15. The van der Waals surface area contributed by atoms with Gasteiger partial charge in [0, 0.05) is 11.9 Å². The van der Waals surface area contributed by atoms with Gasteiger partial charge in [-0.3, -0.25) is 9.20 Å². The van der Waals surface area contributed by atoms with Crippen LogP contribution >= 0.6 is 0 Å². The average Bonchev–Trinajstić information content (AvgIpc) is 3.08. The summed E-state index contributed by atoms with van der Waals surface area (Å²) in [6, 6.07) is 15.6. The first kappa shape index (κ1) is 17.2. The molecule has 0 unspecified atom stereocenters. The SMILES string of the molecule is Cc1c(C#N)c2nc3ccccc3n2c(=O)c1=CNc1cccc(C(=O)O)c1. The molecule has 0 amide bonds. The number of aromatic carboxylic acids is 1. The molecular weight excluding hydrogens is 356 g/mol. The third-order valence-electron chi connectivity index (χ3n) is 4.60. The first-order valence-corrected chi connectivity index (χ1v) is 8.45. The number of carboxylic acids is 1. The third-order valence-corrected chi connectivity index (χ3v) is 4.60. The summed E-state index contributed by atoms with van der Waals surface area (Å²) in [5.41, 5.74) is 2.77. The molecule has 2 aromatic heterocycles. The first-order valence-electron chi connectivity index (χ1n) is 8.45. The molecule has 7 heteroatoms. The maximum absolute atomic E-state index is 13.1. The zero-order valence-corrected chi connectivity index (χ0v) is 14.8. The van der Waals surface area contributed by atoms with Crippen LogP contribution in [0, 0.1) is 18.3 Å². The molecule has 0 aliphatic heterocycles. The second-order valence-electron chi connectivity index (χ2n) is 6.26. The Labute approximate surface area is 158 Å². The van der Waals surface area contributed by atoms with Gasteiger partial charge < -0.3 is 10.4 Å². The van der Waals surface area contributed by atoms with Crippen LogP contribution < -0.4 is 16.1 Å². The van der Waals surface area contributed by atoms with Gasteiger partial charge in [-0.05, 0) is 42.8 Å². The second-order valence-corrected chi connectivity index (χ2v) is 6.26. The number of carbonyl (C=O) groups is 1. The summed E-state index contributed by atoms with van der Waals surface area (Å²) in [6.07, 6.45) is 1.49. The summed E-state index contributed by atoms with van der Waals surface area (Å²) in [6.45, 7) is 1.69. The van der Waals surface area contributed by atoms with Gasteiger partial charge in [-0.25, -0.2) is 9.78 Å². The van der Waals surface area contributed by atoms with Crippen molar-refractivity contribution in [1.29, 1.82) is 5.26 Å². The minimum absolute atomic E-state index is 0.131. The van der Waals surface area contributed by atoms with E-state index in [1.54, 1.807) is 37.3 Å². The van der Waals surface area contributed by atoms with Crippen LogP contribution in [0.15, 0.2) is 53.3 Å².